The molecule has 0 unspecified atom stereocenters. The Balaban J connectivity index is 1.65. The fraction of sp³-hybridized carbons (Fsp3) is 0.600. The molecule has 2 aliphatic rings. The molecule has 0 atom stereocenters. The molecule has 1 saturated heterocycles. The number of benzene rings is 1. The number of aryl methyl sites for hydroxylation is 2. The summed E-state index contributed by atoms with van der Waals surface area (Å²) in [7, 11) is 0. The van der Waals surface area contributed by atoms with Crippen LogP contribution in [0.5, 0.6) is 0 Å². The molecule has 1 aliphatic carbocycles. The Morgan fingerprint density at radius 1 is 1.24 bits per heavy atom. The van der Waals surface area contributed by atoms with E-state index in [1.54, 1.807) is 0 Å². The van der Waals surface area contributed by atoms with Crippen molar-refractivity contribution in [3.8, 4) is 0 Å². The summed E-state index contributed by atoms with van der Waals surface area (Å²) in [4.78, 5) is 2.37. The molecule has 2 nitrogen and oxygen atoms in total. The molecule has 1 heterocycles. The van der Waals surface area contributed by atoms with E-state index in [2.05, 4.69) is 36.9 Å². The molecule has 1 N–H and O–H groups in total. The SMILES string of the molecule is Cc1cccc(C)c1CN1CC(O)(C2CC2)C1. The zero-order valence-electron chi connectivity index (χ0n) is 10.7. The summed E-state index contributed by atoms with van der Waals surface area (Å²) in [5, 5.41) is 10.3. The highest BCUT2D eigenvalue weighted by Crippen LogP contribution is 2.44. The van der Waals surface area contributed by atoms with Crippen molar-refractivity contribution in [1.82, 2.24) is 4.90 Å². The maximum Gasteiger partial charge on any atom is 0.0928 e. The molecule has 0 radical (unpaired) electrons. The summed E-state index contributed by atoms with van der Waals surface area (Å²) in [5.74, 6) is 0.594. The highest BCUT2D eigenvalue weighted by molar-refractivity contribution is 5.33. The lowest BCUT2D eigenvalue weighted by Crippen LogP contribution is -2.62. The number of hydrogen-bond acceptors (Lipinski definition) is 2. The Morgan fingerprint density at radius 3 is 2.35 bits per heavy atom. The van der Waals surface area contributed by atoms with Crippen LogP contribution in [-0.2, 0) is 6.54 Å². The summed E-state index contributed by atoms with van der Waals surface area (Å²) < 4.78 is 0. The van der Waals surface area contributed by atoms with E-state index in [1.165, 1.54) is 29.5 Å². The molecule has 1 aromatic rings. The predicted octanol–water partition coefficient (Wildman–Crippen LogP) is 2.26. The average Bonchev–Trinajstić information content (AvgIpc) is 3.04. The first-order valence-corrected chi connectivity index (χ1v) is 6.58. The van der Waals surface area contributed by atoms with E-state index in [1.807, 2.05) is 0 Å². The van der Waals surface area contributed by atoms with Crippen molar-refractivity contribution in [1.29, 1.82) is 0 Å². The third kappa shape index (κ3) is 2.00. The van der Waals surface area contributed by atoms with Gasteiger partial charge in [0.05, 0.1) is 5.60 Å². The third-order valence-corrected chi connectivity index (χ3v) is 4.36. The number of nitrogens with zero attached hydrogens (tertiary/aromatic N) is 1. The molecule has 1 saturated carbocycles. The van der Waals surface area contributed by atoms with Gasteiger partial charge < -0.3 is 5.11 Å². The summed E-state index contributed by atoms with van der Waals surface area (Å²) >= 11 is 0. The van der Waals surface area contributed by atoms with Crippen molar-refractivity contribution < 1.29 is 5.11 Å². The van der Waals surface area contributed by atoms with E-state index < -0.39 is 0 Å². The molecule has 2 heteroatoms. The minimum atomic E-state index is -0.351. The lowest BCUT2D eigenvalue weighted by molar-refractivity contribution is -0.116. The first kappa shape index (κ1) is 11.2. The van der Waals surface area contributed by atoms with Gasteiger partial charge in [-0.2, -0.15) is 0 Å². The fourth-order valence-electron chi connectivity index (χ4n) is 3.04. The zero-order chi connectivity index (χ0) is 12.0. The van der Waals surface area contributed by atoms with Crippen LogP contribution < -0.4 is 0 Å². The summed E-state index contributed by atoms with van der Waals surface area (Å²) in [5.41, 5.74) is 3.82. The highest BCUT2D eigenvalue weighted by atomic mass is 16.3. The number of β-amino-alcohol motifs (C(OH)–C–C–N with tert-alkyl or cyclic N) is 1. The molecule has 0 amide bonds. The molecular weight excluding hydrogens is 210 g/mol. The molecule has 1 aromatic carbocycles. The topological polar surface area (TPSA) is 23.5 Å². The van der Waals surface area contributed by atoms with Gasteiger partial charge in [-0.05, 0) is 49.3 Å². The van der Waals surface area contributed by atoms with Gasteiger partial charge in [-0.25, -0.2) is 0 Å². The first-order valence-electron chi connectivity index (χ1n) is 6.58. The number of rotatable bonds is 3. The normalized spacial score (nSPS) is 23.5. The number of aliphatic hydroxyl groups is 1. The second-order valence-electron chi connectivity index (χ2n) is 5.89. The van der Waals surface area contributed by atoms with Gasteiger partial charge in [-0.3, -0.25) is 4.90 Å². The first-order chi connectivity index (χ1) is 8.08. The summed E-state index contributed by atoms with van der Waals surface area (Å²) in [6.07, 6.45) is 2.46. The van der Waals surface area contributed by atoms with Crippen molar-refractivity contribution in [2.75, 3.05) is 13.1 Å². The van der Waals surface area contributed by atoms with Gasteiger partial charge in [-0.15, -0.1) is 0 Å². The van der Waals surface area contributed by atoms with Crippen LogP contribution in [0.25, 0.3) is 0 Å². The van der Waals surface area contributed by atoms with E-state index in [9.17, 15) is 5.11 Å². The van der Waals surface area contributed by atoms with Crippen molar-refractivity contribution in [3.05, 3.63) is 34.9 Å². The lowest BCUT2D eigenvalue weighted by Gasteiger charge is -2.47. The Labute approximate surface area is 103 Å². The van der Waals surface area contributed by atoms with E-state index in [0.717, 1.165) is 19.6 Å². The van der Waals surface area contributed by atoms with Gasteiger partial charge in [0.25, 0.3) is 0 Å². The molecule has 1 aliphatic heterocycles. The van der Waals surface area contributed by atoms with Gasteiger partial charge in [-0.1, -0.05) is 18.2 Å². The van der Waals surface area contributed by atoms with E-state index in [4.69, 9.17) is 0 Å². The molecule has 0 bridgehead atoms. The Kier molecular flexibility index (Phi) is 2.53. The standard InChI is InChI=1S/C15H21NO/c1-11-4-3-5-12(2)14(11)8-16-9-15(17,10-16)13-6-7-13/h3-5,13,17H,6-10H2,1-2H3. The van der Waals surface area contributed by atoms with Gasteiger partial charge in [0.15, 0.2) is 0 Å². The third-order valence-electron chi connectivity index (χ3n) is 4.36. The zero-order valence-corrected chi connectivity index (χ0v) is 10.7. The Bertz CT molecular complexity index is 410. The second kappa shape index (κ2) is 3.82. The van der Waals surface area contributed by atoms with Crippen molar-refractivity contribution in [2.45, 2.75) is 38.8 Å². The monoisotopic (exact) mass is 231 g/mol. The maximum absolute atomic E-state index is 10.3. The molecule has 92 valence electrons. The van der Waals surface area contributed by atoms with Crippen LogP contribution >= 0.6 is 0 Å². The largest absolute Gasteiger partial charge is 0.387 e. The van der Waals surface area contributed by atoms with Gasteiger partial charge >= 0.3 is 0 Å². The molecule has 3 rings (SSSR count). The van der Waals surface area contributed by atoms with Crippen LogP contribution in [0.3, 0.4) is 0 Å². The van der Waals surface area contributed by atoms with E-state index >= 15 is 0 Å². The number of hydrogen-bond donors (Lipinski definition) is 1. The van der Waals surface area contributed by atoms with Crippen LogP contribution in [0.1, 0.15) is 29.5 Å². The smallest absolute Gasteiger partial charge is 0.0928 e. The summed E-state index contributed by atoms with van der Waals surface area (Å²) in [6, 6.07) is 6.47. The molecular formula is C15H21NO. The molecule has 0 aromatic heterocycles. The Morgan fingerprint density at radius 2 is 1.82 bits per heavy atom. The predicted molar refractivity (Wildman–Crippen MR) is 68.9 cm³/mol. The maximum atomic E-state index is 10.3. The van der Waals surface area contributed by atoms with Crippen LogP contribution in [0.2, 0.25) is 0 Å². The Hall–Kier alpha value is -0.860. The second-order valence-corrected chi connectivity index (χ2v) is 5.89. The van der Waals surface area contributed by atoms with Crippen LogP contribution in [0.15, 0.2) is 18.2 Å². The van der Waals surface area contributed by atoms with E-state index in [-0.39, 0.29) is 5.60 Å². The minimum Gasteiger partial charge on any atom is -0.387 e. The van der Waals surface area contributed by atoms with Gasteiger partial charge in [0.2, 0.25) is 0 Å². The van der Waals surface area contributed by atoms with Crippen molar-refractivity contribution in [3.63, 3.8) is 0 Å². The molecule has 0 spiro atoms. The average molecular weight is 231 g/mol. The minimum absolute atomic E-state index is 0.351. The number of likely N-dealkylation sites (tertiary alicyclic amines) is 1. The van der Waals surface area contributed by atoms with Gasteiger partial charge in [0.1, 0.15) is 0 Å². The summed E-state index contributed by atoms with van der Waals surface area (Å²) in [6.45, 7) is 7.08. The van der Waals surface area contributed by atoms with Gasteiger partial charge in [0, 0.05) is 19.6 Å². The molecule has 2 fully saturated rings. The quantitative estimate of drug-likeness (QED) is 0.862. The van der Waals surface area contributed by atoms with Crippen LogP contribution in [0, 0.1) is 19.8 Å². The van der Waals surface area contributed by atoms with E-state index in [0.29, 0.717) is 5.92 Å². The molecule has 17 heavy (non-hydrogen) atoms. The van der Waals surface area contributed by atoms with Crippen molar-refractivity contribution >= 4 is 0 Å². The van der Waals surface area contributed by atoms with Crippen molar-refractivity contribution in [2.24, 2.45) is 5.92 Å². The van der Waals surface area contributed by atoms with Crippen LogP contribution in [-0.4, -0.2) is 28.7 Å². The highest BCUT2D eigenvalue weighted by Gasteiger charge is 2.51. The van der Waals surface area contributed by atoms with Crippen LogP contribution in [0.4, 0.5) is 0 Å². The lowest BCUT2D eigenvalue weighted by atomic mass is 9.87. The fourth-order valence-corrected chi connectivity index (χ4v) is 3.04.